The first-order chi connectivity index (χ1) is 14.4. The van der Waals surface area contributed by atoms with Crippen molar-refractivity contribution in [1.82, 2.24) is 19.6 Å². The second-order valence-electron chi connectivity index (χ2n) is 7.17. The molecule has 9 heteroatoms. The first kappa shape index (κ1) is 20.1. The number of benzene rings is 2. The monoisotopic (exact) mass is 469 g/mol. The molecule has 4 rings (SSSR count). The van der Waals surface area contributed by atoms with Crippen molar-refractivity contribution in [1.29, 1.82) is 0 Å². The van der Waals surface area contributed by atoms with Crippen LogP contribution in [-0.4, -0.2) is 43.8 Å². The lowest BCUT2D eigenvalue weighted by Gasteiger charge is -2.19. The highest BCUT2D eigenvalue weighted by molar-refractivity contribution is 9.10. The number of anilines is 1. The van der Waals surface area contributed by atoms with Crippen molar-refractivity contribution in [2.24, 2.45) is 5.92 Å². The topological polar surface area (TPSA) is 102 Å². The largest absolute Gasteiger partial charge is 0.497 e. The molecule has 4 aromatic rings. The summed E-state index contributed by atoms with van der Waals surface area (Å²) < 4.78 is 7.57. The number of ether oxygens (including phenoxy) is 1. The van der Waals surface area contributed by atoms with E-state index in [1.807, 2.05) is 56.3 Å². The Hall–Kier alpha value is -3.20. The zero-order valence-electron chi connectivity index (χ0n) is 16.6. The van der Waals surface area contributed by atoms with Crippen LogP contribution in [0.25, 0.3) is 27.9 Å². The number of carboxylic acid groups (broad SMARTS) is 1. The van der Waals surface area contributed by atoms with E-state index in [1.54, 1.807) is 11.6 Å². The Labute approximate surface area is 181 Å². The van der Waals surface area contributed by atoms with Crippen LogP contribution in [0.5, 0.6) is 5.75 Å². The Morgan fingerprint density at radius 3 is 2.53 bits per heavy atom. The van der Waals surface area contributed by atoms with Gasteiger partial charge in [-0.3, -0.25) is 0 Å². The highest BCUT2D eigenvalue weighted by atomic mass is 79.9. The molecule has 0 bridgehead atoms. The van der Waals surface area contributed by atoms with Gasteiger partial charge in [-0.15, -0.1) is 5.10 Å². The maximum absolute atomic E-state index is 11.7. The van der Waals surface area contributed by atoms with E-state index in [0.29, 0.717) is 22.9 Å². The summed E-state index contributed by atoms with van der Waals surface area (Å²) in [6, 6.07) is 12.3. The molecule has 30 heavy (non-hydrogen) atoms. The number of rotatable bonds is 6. The third kappa shape index (κ3) is 3.56. The van der Waals surface area contributed by atoms with Gasteiger partial charge in [0.2, 0.25) is 5.95 Å². The van der Waals surface area contributed by atoms with Crippen molar-refractivity contribution in [2.45, 2.75) is 19.9 Å². The lowest BCUT2D eigenvalue weighted by Crippen LogP contribution is -2.35. The van der Waals surface area contributed by atoms with Crippen LogP contribution in [0.15, 0.2) is 46.9 Å². The fourth-order valence-corrected chi connectivity index (χ4v) is 3.66. The zero-order chi connectivity index (χ0) is 21.4. The van der Waals surface area contributed by atoms with E-state index < -0.39 is 12.0 Å². The maximum Gasteiger partial charge on any atom is 0.326 e. The molecular formula is C21H20BrN5O3. The number of carbonyl (C=O) groups is 1. The second kappa shape index (κ2) is 7.91. The lowest BCUT2D eigenvalue weighted by atomic mass is 10.1. The van der Waals surface area contributed by atoms with Gasteiger partial charge in [0, 0.05) is 15.4 Å². The molecule has 0 fully saturated rings. The van der Waals surface area contributed by atoms with E-state index in [4.69, 9.17) is 9.72 Å². The molecule has 0 aliphatic heterocycles. The zero-order valence-corrected chi connectivity index (χ0v) is 18.2. The fourth-order valence-electron chi connectivity index (χ4n) is 3.21. The number of nitrogens with zero attached hydrogens (tertiary/aromatic N) is 4. The molecule has 0 amide bonds. The Morgan fingerprint density at radius 1 is 1.17 bits per heavy atom. The number of methoxy groups -OCH3 is 1. The molecule has 0 aliphatic rings. The van der Waals surface area contributed by atoms with Gasteiger partial charge in [-0.05, 0) is 58.2 Å². The van der Waals surface area contributed by atoms with Gasteiger partial charge in [0.25, 0.3) is 0 Å². The third-order valence-corrected chi connectivity index (χ3v) is 5.46. The number of aliphatic carboxylic acids is 1. The van der Waals surface area contributed by atoms with E-state index >= 15 is 0 Å². The van der Waals surface area contributed by atoms with Crippen LogP contribution < -0.4 is 10.1 Å². The van der Waals surface area contributed by atoms with Crippen molar-refractivity contribution < 1.29 is 14.6 Å². The summed E-state index contributed by atoms with van der Waals surface area (Å²) in [5, 5.41) is 18.1. The Balaban J connectivity index is 1.93. The molecule has 1 atom stereocenters. The number of nitrogens with one attached hydrogen (secondary N) is 1. The summed E-state index contributed by atoms with van der Waals surface area (Å²) in [4.78, 5) is 21.1. The van der Waals surface area contributed by atoms with Crippen molar-refractivity contribution >= 4 is 44.4 Å². The van der Waals surface area contributed by atoms with Crippen LogP contribution in [-0.2, 0) is 4.79 Å². The Bertz CT molecular complexity index is 1240. The van der Waals surface area contributed by atoms with Crippen LogP contribution >= 0.6 is 15.9 Å². The minimum atomic E-state index is -0.956. The SMILES string of the molecule is COc1ccc(-c2nc3c4cccc(Br)c4nc(N[C@@H](C(=O)O)C(C)C)n3n2)cc1. The first-order valence-corrected chi connectivity index (χ1v) is 10.2. The molecule has 2 N–H and O–H groups in total. The number of hydrogen-bond acceptors (Lipinski definition) is 6. The van der Waals surface area contributed by atoms with Gasteiger partial charge in [0.15, 0.2) is 11.5 Å². The number of carboxylic acids is 1. The summed E-state index contributed by atoms with van der Waals surface area (Å²) in [5.41, 5.74) is 2.07. The van der Waals surface area contributed by atoms with Gasteiger partial charge in [-0.2, -0.15) is 4.52 Å². The van der Waals surface area contributed by atoms with Gasteiger partial charge in [0.1, 0.15) is 11.8 Å². The highest BCUT2D eigenvalue weighted by Crippen LogP contribution is 2.29. The third-order valence-electron chi connectivity index (χ3n) is 4.82. The molecule has 0 saturated carbocycles. The van der Waals surface area contributed by atoms with Gasteiger partial charge in [0.05, 0.1) is 12.6 Å². The molecule has 0 spiro atoms. The van der Waals surface area contributed by atoms with Gasteiger partial charge >= 0.3 is 5.97 Å². The van der Waals surface area contributed by atoms with Crippen LogP contribution in [0.3, 0.4) is 0 Å². The van der Waals surface area contributed by atoms with Gasteiger partial charge in [-0.1, -0.05) is 19.9 Å². The fraction of sp³-hybridized carbons (Fsp3) is 0.238. The van der Waals surface area contributed by atoms with Crippen molar-refractivity contribution in [2.75, 3.05) is 12.4 Å². The molecule has 8 nitrogen and oxygen atoms in total. The summed E-state index contributed by atoms with van der Waals surface area (Å²) in [6.45, 7) is 3.67. The quantitative estimate of drug-likeness (QED) is 0.435. The van der Waals surface area contributed by atoms with Crippen LogP contribution in [0.2, 0.25) is 0 Å². The van der Waals surface area contributed by atoms with E-state index in [-0.39, 0.29) is 5.92 Å². The molecule has 2 heterocycles. The van der Waals surface area contributed by atoms with E-state index in [0.717, 1.165) is 21.2 Å². The number of halogens is 1. The predicted molar refractivity (Wildman–Crippen MR) is 118 cm³/mol. The van der Waals surface area contributed by atoms with Crippen LogP contribution in [0, 0.1) is 5.92 Å². The number of aromatic nitrogens is 4. The average molecular weight is 470 g/mol. The normalized spacial score (nSPS) is 12.4. The van der Waals surface area contributed by atoms with Gasteiger partial charge in [-0.25, -0.2) is 14.8 Å². The molecule has 0 unspecified atom stereocenters. The predicted octanol–water partition coefficient (Wildman–Crippen LogP) is 4.24. The molecule has 154 valence electrons. The second-order valence-corrected chi connectivity index (χ2v) is 8.03. The van der Waals surface area contributed by atoms with Gasteiger partial charge < -0.3 is 15.2 Å². The maximum atomic E-state index is 11.7. The molecule has 2 aromatic carbocycles. The minimum absolute atomic E-state index is 0.154. The molecule has 0 saturated heterocycles. The molecular weight excluding hydrogens is 450 g/mol. The van der Waals surface area contributed by atoms with E-state index in [2.05, 4.69) is 31.3 Å². The smallest absolute Gasteiger partial charge is 0.326 e. The summed E-state index contributed by atoms with van der Waals surface area (Å²) in [7, 11) is 1.61. The van der Waals surface area contributed by atoms with E-state index in [1.165, 1.54) is 0 Å². The van der Waals surface area contributed by atoms with E-state index in [9.17, 15) is 9.90 Å². The molecule has 0 aliphatic carbocycles. The van der Waals surface area contributed by atoms with Crippen LogP contribution in [0.1, 0.15) is 13.8 Å². The molecule has 2 aromatic heterocycles. The molecule has 0 radical (unpaired) electrons. The summed E-state index contributed by atoms with van der Waals surface area (Å²) in [5.74, 6) is 0.452. The summed E-state index contributed by atoms with van der Waals surface area (Å²) >= 11 is 3.53. The van der Waals surface area contributed by atoms with Crippen LogP contribution in [0.4, 0.5) is 5.95 Å². The Morgan fingerprint density at radius 2 is 1.90 bits per heavy atom. The minimum Gasteiger partial charge on any atom is -0.497 e. The van der Waals surface area contributed by atoms with Crippen molar-refractivity contribution in [3.8, 4) is 17.1 Å². The highest BCUT2D eigenvalue weighted by Gasteiger charge is 2.24. The lowest BCUT2D eigenvalue weighted by molar-refractivity contribution is -0.138. The first-order valence-electron chi connectivity index (χ1n) is 9.38. The standard InChI is InChI=1S/C21H20BrN5O3/c1-11(2)16(20(28)29)23-21-24-17-14(5-4-6-15(17)22)19-25-18(26-27(19)21)12-7-9-13(30-3)10-8-12/h4-11,16H,1-3H3,(H,23,24)(H,28,29)/t16-/m1/s1. The average Bonchev–Trinajstić information content (AvgIpc) is 3.18. The summed E-state index contributed by atoms with van der Waals surface area (Å²) in [6.07, 6.45) is 0. The van der Waals surface area contributed by atoms with Crippen molar-refractivity contribution in [3.05, 3.63) is 46.9 Å². The number of para-hydroxylation sites is 1. The van der Waals surface area contributed by atoms with Crippen molar-refractivity contribution in [3.63, 3.8) is 0 Å². The Kier molecular flexibility index (Phi) is 5.29. The number of hydrogen-bond donors (Lipinski definition) is 2. The number of fused-ring (bicyclic) bond motifs is 3.